The second-order valence-electron chi connectivity index (χ2n) is 6.56. The highest BCUT2D eigenvalue weighted by molar-refractivity contribution is 7.98. The topological polar surface area (TPSA) is 54.2 Å². The van der Waals surface area contributed by atoms with Crippen molar-refractivity contribution in [3.8, 4) is 0 Å². The molecule has 0 amide bonds. The number of aromatic nitrogens is 3. The van der Waals surface area contributed by atoms with E-state index in [-0.39, 0.29) is 12.1 Å². The van der Waals surface area contributed by atoms with E-state index in [0.717, 1.165) is 36.8 Å². The highest BCUT2D eigenvalue weighted by Gasteiger charge is 2.42. The molecule has 0 spiro atoms. The van der Waals surface area contributed by atoms with Gasteiger partial charge in [0.05, 0.1) is 17.2 Å². The molecule has 1 aliphatic carbocycles. The quantitative estimate of drug-likeness (QED) is 0.876. The van der Waals surface area contributed by atoms with E-state index < -0.39 is 0 Å². The third-order valence-corrected chi connectivity index (χ3v) is 5.86. The van der Waals surface area contributed by atoms with Crippen molar-refractivity contribution in [2.75, 3.05) is 24.2 Å². The van der Waals surface area contributed by atoms with E-state index in [1.807, 2.05) is 16.9 Å². The Bertz CT molecular complexity index is 662. The van der Waals surface area contributed by atoms with Gasteiger partial charge in [-0.25, -0.2) is 4.98 Å². The van der Waals surface area contributed by atoms with Crippen molar-refractivity contribution in [2.45, 2.75) is 30.0 Å². The van der Waals surface area contributed by atoms with Gasteiger partial charge in [-0.3, -0.25) is 4.68 Å². The molecule has 1 saturated carbocycles. The first-order valence-electron chi connectivity index (χ1n) is 8.18. The number of hydrogen-bond donors (Lipinski definition) is 1. The van der Waals surface area contributed by atoms with Gasteiger partial charge in [-0.1, -0.05) is 6.07 Å². The zero-order chi connectivity index (χ0) is 15.8. The number of anilines is 1. The summed E-state index contributed by atoms with van der Waals surface area (Å²) in [5, 5.41) is 15.9. The van der Waals surface area contributed by atoms with Crippen molar-refractivity contribution in [1.29, 1.82) is 0 Å². The van der Waals surface area contributed by atoms with E-state index in [1.165, 1.54) is 0 Å². The van der Waals surface area contributed by atoms with Crippen LogP contribution in [0.1, 0.15) is 18.9 Å². The first kappa shape index (κ1) is 15.0. The fourth-order valence-electron chi connectivity index (χ4n) is 4.05. The monoisotopic (exact) mass is 330 g/mol. The largest absolute Gasteiger partial charge is 0.391 e. The third-order valence-electron chi connectivity index (χ3n) is 5.22. The van der Waals surface area contributed by atoms with Crippen LogP contribution in [0.15, 0.2) is 41.7 Å². The summed E-state index contributed by atoms with van der Waals surface area (Å²) >= 11 is 1.68. The summed E-state index contributed by atoms with van der Waals surface area (Å²) in [4.78, 5) is 7.11. The number of pyridine rings is 1. The lowest BCUT2D eigenvalue weighted by Gasteiger charge is -2.35. The van der Waals surface area contributed by atoms with Crippen LogP contribution in [0.3, 0.4) is 0 Å². The van der Waals surface area contributed by atoms with Crippen LogP contribution in [0.25, 0.3) is 0 Å². The van der Waals surface area contributed by atoms with Crippen LogP contribution in [0.2, 0.25) is 0 Å². The molecular weight excluding hydrogens is 308 g/mol. The van der Waals surface area contributed by atoms with Crippen molar-refractivity contribution in [3.05, 3.63) is 36.7 Å². The molecule has 0 bridgehead atoms. The minimum atomic E-state index is -0.304. The SMILES string of the molecule is CSc1cccc(N2C[C@H]3C[C@@H](n4cccn4)[C@H](O)C[C@H]3C2)n1. The Morgan fingerprint density at radius 2 is 2.00 bits per heavy atom. The highest BCUT2D eigenvalue weighted by atomic mass is 32.2. The van der Waals surface area contributed by atoms with Gasteiger partial charge in [0.2, 0.25) is 0 Å². The molecule has 5 nitrogen and oxygen atoms in total. The molecule has 6 heteroatoms. The van der Waals surface area contributed by atoms with Crippen molar-refractivity contribution in [2.24, 2.45) is 11.8 Å². The lowest BCUT2D eigenvalue weighted by molar-refractivity contribution is 0.0306. The number of rotatable bonds is 3. The summed E-state index contributed by atoms with van der Waals surface area (Å²) < 4.78 is 1.93. The van der Waals surface area contributed by atoms with Crippen LogP contribution in [0, 0.1) is 11.8 Å². The second-order valence-corrected chi connectivity index (χ2v) is 7.38. The molecule has 0 aromatic carbocycles. The van der Waals surface area contributed by atoms with Crippen LogP contribution < -0.4 is 4.90 Å². The average Bonchev–Trinajstić information content (AvgIpc) is 3.23. The summed E-state index contributed by atoms with van der Waals surface area (Å²) in [5.41, 5.74) is 0. The van der Waals surface area contributed by atoms with Crippen molar-refractivity contribution < 1.29 is 5.11 Å². The Morgan fingerprint density at radius 1 is 1.17 bits per heavy atom. The van der Waals surface area contributed by atoms with E-state index in [1.54, 1.807) is 18.0 Å². The van der Waals surface area contributed by atoms with Crippen LogP contribution in [0.4, 0.5) is 5.82 Å². The molecule has 23 heavy (non-hydrogen) atoms. The number of fused-ring (bicyclic) bond motifs is 1. The minimum Gasteiger partial charge on any atom is -0.391 e. The van der Waals surface area contributed by atoms with Gasteiger partial charge in [-0.05, 0) is 49.1 Å². The van der Waals surface area contributed by atoms with Crippen LogP contribution in [-0.2, 0) is 0 Å². The van der Waals surface area contributed by atoms with E-state index in [4.69, 9.17) is 4.98 Å². The van der Waals surface area contributed by atoms with Gasteiger partial charge in [0.25, 0.3) is 0 Å². The molecule has 0 radical (unpaired) electrons. The number of thioether (sulfide) groups is 1. The molecule has 1 aliphatic heterocycles. The molecule has 4 rings (SSSR count). The number of aliphatic hydroxyl groups is 1. The maximum Gasteiger partial charge on any atom is 0.129 e. The lowest BCUT2D eigenvalue weighted by Crippen LogP contribution is -2.36. The molecule has 4 atom stereocenters. The molecule has 2 fully saturated rings. The van der Waals surface area contributed by atoms with Gasteiger partial charge in [0.1, 0.15) is 5.82 Å². The Kier molecular flexibility index (Phi) is 4.03. The summed E-state index contributed by atoms with van der Waals surface area (Å²) in [6, 6.07) is 8.26. The van der Waals surface area contributed by atoms with Crippen LogP contribution in [-0.4, -0.2) is 45.3 Å². The molecular formula is C17H22N4OS. The number of aliphatic hydroxyl groups excluding tert-OH is 1. The molecule has 2 aliphatic rings. The first-order chi connectivity index (χ1) is 11.2. The van der Waals surface area contributed by atoms with E-state index in [0.29, 0.717) is 11.8 Å². The maximum absolute atomic E-state index is 10.5. The normalized spacial score (nSPS) is 30.4. The maximum atomic E-state index is 10.5. The summed E-state index contributed by atoms with van der Waals surface area (Å²) in [5.74, 6) is 2.22. The van der Waals surface area contributed by atoms with Gasteiger partial charge < -0.3 is 10.0 Å². The van der Waals surface area contributed by atoms with E-state index >= 15 is 0 Å². The highest BCUT2D eigenvalue weighted by Crippen LogP contribution is 2.42. The summed E-state index contributed by atoms with van der Waals surface area (Å²) in [6.07, 6.45) is 7.35. The standard InChI is InChI=1S/C17H22N4OS/c1-23-17-5-2-4-16(19-17)20-10-12-8-14(21-7-3-6-18-21)15(22)9-13(12)11-20/h2-7,12-15,22H,8-11H2,1H3/t12-,13+,14-,15-/m1/s1. The van der Waals surface area contributed by atoms with Gasteiger partial charge >= 0.3 is 0 Å². The van der Waals surface area contributed by atoms with E-state index in [9.17, 15) is 5.11 Å². The minimum absolute atomic E-state index is 0.108. The molecule has 2 aromatic rings. The molecule has 1 saturated heterocycles. The fraction of sp³-hybridized carbons (Fsp3) is 0.529. The lowest BCUT2D eigenvalue weighted by atomic mass is 9.77. The number of hydrogen-bond acceptors (Lipinski definition) is 5. The van der Waals surface area contributed by atoms with E-state index in [2.05, 4.69) is 34.5 Å². The fourth-order valence-corrected chi connectivity index (χ4v) is 4.45. The average molecular weight is 330 g/mol. The van der Waals surface area contributed by atoms with Gasteiger partial charge in [0.15, 0.2) is 0 Å². The first-order valence-corrected chi connectivity index (χ1v) is 9.40. The Hall–Kier alpha value is -1.53. The molecule has 0 unspecified atom stereocenters. The zero-order valence-corrected chi connectivity index (χ0v) is 14.1. The summed E-state index contributed by atoms with van der Waals surface area (Å²) in [6.45, 7) is 2.03. The zero-order valence-electron chi connectivity index (χ0n) is 13.2. The van der Waals surface area contributed by atoms with Crippen molar-refractivity contribution in [3.63, 3.8) is 0 Å². The summed E-state index contributed by atoms with van der Waals surface area (Å²) in [7, 11) is 0. The third kappa shape index (κ3) is 2.85. The van der Waals surface area contributed by atoms with Gasteiger partial charge in [-0.2, -0.15) is 5.10 Å². The number of nitrogens with zero attached hydrogens (tertiary/aromatic N) is 4. The van der Waals surface area contributed by atoms with Gasteiger partial charge in [0, 0.05) is 25.5 Å². The molecule has 1 N–H and O–H groups in total. The molecule has 122 valence electrons. The predicted octanol–water partition coefficient (Wildman–Crippen LogP) is 2.45. The Balaban J connectivity index is 1.51. The van der Waals surface area contributed by atoms with Crippen molar-refractivity contribution >= 4 is 17.6 Å². The smallest absolute Gasteiger partial charge is 0.129 e. The Morgan fingerprint density at radius 3 is 2.74 bits per heavy atom. The van der Waals surface area contributed by atoms with Gasteiger partial charge in [-0.15, -0.1) is 11.8 Å². The van der Waals surface area contributed by atoms with Crippen LogP contribution >= 0.6 is 11.8 Å². The Labute approximate surface area is 140 Å². The van der Waals surface area contributed by atoms with Crippen LogP contribution in [0.5, 0.6) is 0 Å². The van der Waals surface area contributed by atoms with Crippen molar-refractivity contribution in [1.82, 2.24) is 14.8 Å². The molecule has 2 aromatic heterocycles. The molecule has 3 heterocycles. The predicted molar refractivity (Wildman–Crippen MR) is 91.7 cm³/mol. The second kappa shape index (κ2) is 6.17.